The number of carbonyl (C=O) groups is 4. The summed E-state index contributed by atoms with van der Waals surface area (Å²) in [6, 6.07) is 7.34. The number of aromatic nitrogens is 2. The third-order valence-electron chi connectivity index (χ3n) is 4.44. The Kier molecular flexibility index (Phi) is 5.82. The predicted octanol–water partition coefficient (Wildman–Crippen LogP) is 0.490. The number of carboxylic acid groups (broad SMARTS) is 1. The largest absolute Gasteiger partial charge is 0.481 e. The van der Waals surface area contributed by atoms with Crippen LogP contribution in [0.1, 0.15) is 41.5 Å². The zero-order valence-electron chi connectivity index (χ0n) is 15.3. The average Bonchev–Trinajstić information content (AvgIpc) is 3.14. The molecule has 1 aliphatic heterocycles. The van der Waals surface area contributed by atoms with Gasteiger partial charge in [-0.2, -0.15) is 0 Å². The molecule has 2 heterocycles. The molecule has 0 bridgehead atoms. The van der Waals surface area contributed by atoms with Crippen LogP contribution in [0.25, 0.3) is 0 Å². The average molecular weight is 398 g/mol. The summed E-state index contributed by atoms with van der Waals surface area (Å²) in [7, 11) is 0. The summed E-state index contributed by atoms with van der Waals surface area (Å²) in [6.07, 6.45) is 1.10. The van der Waals surface area contributed by atoms with Crippen molar-refractivity contribution in [2.75, 3.05) is 5.32 Å². The summed E-state index contributed by atoms with van der Waals surface area (Å²) in [6.45, 7) is 0. The second kappa shape index (κ2) is 8.46. The second-order valence-corrected chi connectivity index (χ2v) is 6.44. The van der Waals surface area contributed by atoms with Crippen LogP contribution < -0.4 is 16.2 Å². The van der Waals surface area contributed by atoms with Crippen molar-refractivity contribution in [1.29, 1.82) is 0 Å². The summed E-state index contributed by atoms with van der Waals surface area (Å²) in [4.78, 5) is 63.9. The number of aliphatic carboxylic acids is 1. The van der Waals surface area contributed by atoms with E-state index in [1.54, 1.807) is 30.3 Å². The molecule has 10 heteroatoms. The van der Waals surface area contributed by atoms with E-state index < -0.39 is 41.7 Å². The fourth-order valence-electron chi connectivity index (χ4n) is 3.03. The lowest BCUT2D eigenvalue weighted by molar-refractivity contribution is -0.140. The molecule has 1 unspecified atom stereocenters. The number of anilines is 1. The standard InChI is InChI=1S/C19H18N4O6/c24-15(8-9-16(25)26)22-18(28)13-6-7-14-20-10-12(19(29)23(13)14)21-17(27)11-4-2-1-3-5-11/h1-5,10,13H,6-9H2,(H,21,27)(H,25,26)(H,22,24,28). The number of imide groups is 1. The number of nitrogens with zero attached hydrogens (tertiary/aromatic N) is 2. The first-order valence-electron chi connectivity index (χ1n) is 8.89. The Labute approximate surface area is 164 Å². The molecule has 1 aromatic carbocycles. The van der Waals surface area contributed by atoms with E-state index in [2.05, 4.69) is 15.6 Å². The molecular weight excluding hydrogens is 380 g/mol. The quantitative estimate of drug-likeness (QED) is 0.641. The number of fused-ring (bicyclic) bond motifs is 1. The Bertz CT molecular complexity index is 1030. The molecule has 29 heavy (non-hydrogen) atoms. The molecule has 3 rings (SSSR count). The van der Waals surface area contributed by atoms with E-state index in [-0.39, 0.29) is 18.5 Å². The van der Waals surface area contributed by atoms with Gasteiger partial charge in [0, 0.05) is 18.4 Å². The molecule has 1 aliphatic rings. The smallest absolute Gasteiger partial charge is 0.303 e. The van der Waals surface area contributed by atoms with E-state index >= 15 is 0 Å². The Morgan fingerprint density at radius 2 is 1.86 bits per heavy atom. The molecule has 0 fully saturated rings. The Morgan fingerprint density at radius 1 is 1.14 bits per heavy atom. The lowest BCUT2D eigenvalue weighted by Crippen LogP contribution is -2.39. The van der Waals surface area contributed by atoms with Gasteiger partial charge in [-0.1, -0.05) is 18.2 Å². The van der Waals surface area contributed by atoms with E-state index in [4.69, 9.17) is 5.11 Å². The third-order valence-corrected chi connectivity index (χ3v) is 4.44. The molecule has 2 aromatic rings. The van der Waals surface area contributed by atoms with Crippen LogP contribution in [0.2, 0.25) is 0 Å². The van der Waals surface area contributed by atoms with E-state index in [1.807, 2.05) is 0 Å². The number of amides is 3. The van der Waals surface area contributed by atoms with Crippen LogP contribution in [0.3, 0.4) is 0 Å². The maximum Gasteiger partial charge on any atom is 0.303 e. The Hall–Kier alpha value is -3.82. The maximum atomic E-state index is 12.8. The fourth-order valence-corrected chi connectivity index (χ4v) is 3.03. The molecule has 0 spiro atoms. The Morgan fingerprint density at radius 3 is 2.55 bits per heavy atom. The maximum absolute atomic E-state index is 12.8. The number of aryl methyl sites for hydroxylation is 1. The van der Waals surface area contributed by atoms with E-state index in [1.165, 1.54) is 6.20 Å². The minimum atomic E-state index is -1.15. The number of carboxylic acids is 1. The summed E-state index contributed by atoms with van der Waals surface area (Å²) in [5, 5.41) is 13.2. The summed E-state index contributed by atoms with van der Waals surface area (Å²) in [5.41, 5.74) is -0.329. The molecule has 3 amide bonds. The predicted molar refractivity (Wildman–Crippen MR) is 100 cm³/mol. The molecule has 1 atom stereocenters. The van der Waals surface area contributed by atoms with Gasteiger partial charge in [0.2, 0.25) is 11.8 Å². The summed E-state index contributed by atoms with van der Waals surface area (Å²) >= 11 is 0. The van der Waals surface area contributed by atoms with Gasteiger partial charge in [0.05, 0.1) is 12.6 Å². The van der Waals surface area contributed by atoms with Crippen LogP contribution in [0.5, 0.6) is 0 Å². The van der Waals surface area contributed by atoms with Gasteiger partial charge in [0.15, 0.2) is 0 Å². The zero-order valence-corrected chi connectivity index (χ0v) is 15.3. The van der Waals surface area contributed by atoms with Crippen LogP contribution >= 0.6 is 0 Å². The molecule has 0 saturated carbocycles. The monoisotopic (exact) mass is 398 g/mol. The van der Waals surface area contributed by atoms with Crippen molar-refractivity contribution < 1.29 is 24.3 Å². The van der Waals surface area contributed by atoms with Crippen molar-refractivity contribution in [3.8, 4) is 0 Å². The van der Waals surface area contributed by atoms with Gasteiger partial charge in [-0.25, -0.2) is 4.98 Å². The van der Waals surface area contributed by atoms with Crippen LogP contribution in [0.15, 0.2) is 41.3 Å². The highest BCUT2D eigenvalue weighted by Gasteiger charge is 2.32. The molecular formula is C19H18N4O6. The van der Waals surface area contributed by atoms with Crippen molar-refractivity contribution in [2.24, 2.45) is 0 Å². The zero-order chi connectivity index (χ0) is 21.0. The minimum Gasteiger partial charge on any atom is -0.481 e. The van der Waals surface area contributed by atoms with E-state index in [0.717, 1.165) is 4.57 Å². The van der Waals surface area contributed by atoms with Gasteiger partial charge < -0.3 is 10.4 Å². The second-order valence-electron chi connectivity index (χ2n) is 6.44. The van der Waals surface area contributed by atoms with Gasteiger partial charge >= 0.3 is 5.97 Å². The SMILES string of the molecule is O=C(O)CCC(=O)NC(=O)C1CCc2ncc(NC(=O)c3ccccc3)c(=O)n21. The lowest BCUT2D eigenvalue weighted by Gasteiger charge is -2.15. The Balaban J connectivity index is 1.77. The van der Waals surface area contributed by atoms with Crippen LogP contribution in [0.4, 0.5) is 5.69 Å². The number of hydrogen-bond donors (Lipinski definition) is 3. The fraction of sp³-hybridized carbons (Fsp3) is 0.263. The van der Waals surface area contributed by atoms with Crippen LogP contribution in [-0.2, 0) is 20.8 Å². The molecule has 3 N–H and O–H groups in total. The van der Waals surface area contributed by atoms with Gasteiger partial charge in [0.1, 0.15) is 17.6 Å². The minimum absolute atomic E-state index is 0.0838. The summed E-state index contributed by atoms with van der Waals surface area (Å²) in [5.74, 6) is -2.73. The van der Waals surface area contributed by atoms with E-state index in [9.17, 15) is 24.0 Å². The van der Waals surface area contributed by atoms with Crippen molar-refractivity contribution in [2.45, 2.75) is 31.7 Å². The molecule has 0 aliphatic carbocycles. The van der Waals surface area contributed by atoms with Gasteiger partial charge in [-0.05, 0) is 18.6 Å². The van der Waals surface area contributed by atoms with Gasteiger partial charge in [0.25, 0.3) is 11.5 Å². The van der Waals surface area contributed by atoms with Crippen LogP contribution in [-0.4, -0.2) is 38.3 Å². The highest BCUT2D eigenvalue weighted by molar-refractivity contribution is 6.04. The van der Waals surface area contributed by atoms with Crippen LogP contribution in [0, 0.1) is 0 Å². The molecule has 0 saturated heterocycles. The molecule has 150 valence electrons. The number of nitrogens with one attached hydrogen (secondary N) is 2. The number of rotatable bonds is 6. The van der Waals surface area contributed by atoms with Gasteiger partial charge in [-0.15, -0.1) is 0 Å². The van der Waals surface area contributed by atoms with Crippen molar-refractivity contribution in [3.05, 3.63) is 58.3 Å². The number of hydrogen-bond acceptors (Lipinski definition) is 6. The molecule has 1 aromatic heterocycles. The number of benzene rings is 1. The lowest BCUT2D eigenvalue weighted by atomic mass is 10.2. The summed E-state index contributed by atoms with van der Waals surface area (Å²) < 4.78 is 1.15. The highest BCUT2D eigenvalue weighted by Crippen LogP contribution is 2.23. The first-order valence-corrected chi connectivity index (χ1v) is 8.89. The third kappa shape index (κ3) is 4.54. The first-order chi connectivity index (χ1) is 13.9. The van der Waals surface area contributed by atoms with E-state index in [0.29, 0.717) is 17.8 Å². The highest BCUT2D eigenvalue weighted by atomic mass is 16.4. The van der Waals surface area contributed by atoms with Gasteiger partial charge in [-0.3, -0.25) is 33.9 Å². The number of carbonyl (C=O) groups excluding carboxylic acids is 3. The molecule has 0 radical (unpaired) electrons. The topological polar surface area (TPSA) is 147 Å². The molecule has 10 nitrogen and oxygen atoms in total. The normalized spacial score (nSPS) is 14.7. The van der Waals surface area contributed by atoms with Crippen molar-refractivity contribution in [3.63, 3.8) is 0 Å². The van der Waals surface area contributed by atoms with Crippen molar-refractivity contribution >= 4 is 29.4 Å². The van der Waals surface area contributed by atoms with Crippen molar-refractivity contribution in [1.82, 2.24) is 14.9 Å². The first kappa shape index (κ1) is 19.9.